The number of carbonyl (C=O) groups is 3. The lowest BCUT2D eigenvalue weighted by atomic mass is 9.95. The number of aromatic amines is 1. The first-order valence-electron chi connectivity index (χ1n) is 9.47. The number of fused-ring (bicyclic) bond motifs is 1. The molecule has 10 nitrogen and oxygen atoms in total. The van der Waals surface area contributed by atoms with Crippen molar-refractivity contribution in [2.75, 3.05) is 27.9 Å². The number of ether oxygens (including phenoxy) is 3. The Hall–Kier alpha value is -3.63. The van der Waals surface area contributed by atoms with Crippen LogP contribution < -0.4 is 10.1 Å². The molecular weight excluding hydrogens is 411 g/mol. The van der Waals surface area contributed by atoms with Gasteiger partial charge in [0, 0.05) is 30.3 Å². The van der Waals surface area contributed by atoms with Crippen molar-refractivity contribution in [2.24, 2.45) is 0 Å². The highest BCUT2D eigenvalue weighted by atomic mass is 19.1. The van der Waals surface area contributed by atoms with E-state index < -0.39 is 42.3 Å². The van der Waals surface area contributed by atoms with E-state index in [2.05, 4.69) is 24.8 Å². The lowest BCUT2D eigenvalue weighted by Crippen LogP contribution is -2.52. The van der Waals surface area contributed by atoms with Crippen LogP contribution in [0, 0.1) is 5.82 Å². The van der Waals surface area contributed by atoms with Gasteiger partial charge < -0.3 is 29.4 Å². The van der Waals surface area contributed by atoms with Crippen molar-refractivity contribution in [1.82, 2.24) is 20.2 Å². The number of esters is 2. The average Bonchev–Trinajstić information content (AvgIpc) is 3.26. The van der Waals surface area contributed by atoms with Gasteiger partial charge in [0.2, 0.25) is 0 Å². The number of carbonyl (C=O) groups excluding carboxylic acids is 3. The largest absolute Gasteiger partial charge is 0.497 e. The summed E-state index contributed by atoms with van der Waals surface area (Å²) in [6.45, 7) is 0.225. The van der Waals surface area contributed by atoms with Gasteiger partial charge in [-0.3, -0.25) is 4.79 Å². The van der Waals surface area contributed by atoms with Gasteiger partial charge in [0.15, 0.2) is 0 Å². The molecule has 2 amide bonds. The molecule has 0 bridgehead atoms. The van der Waals surface area contributed by atoms with Crippen LogP contribution in [-0.2, 0) is 25.5 Å². The molecule has 166 valence electrons. The molecule has 2 atom stereocenters. The predicted molar refractivity (Wildman–Crippen MR) is 105 cm³/mol. The SMILES string of the molecule is COC(=O)C[C@@H](NC(=O)N1CCc2[nH]cnc2[C@@H]1c1ccc(OC)cc1F)C(=O)OC. The molecule has 0 spiro atoms. The van der Waals surface area contributed by atoms with Gasteiger partial charge in [-0.2, -0.15) is 0 Å². The fourth-order valence-corrected chi connectivity index (χ4v) is 3.48. The van der Waals surface area contributed by atoms with Crippen molar-refractivity contribution in [2.45, 2.75) is 24.9 Å². The molecule has 0 unspecified atom stereocenters. The quantitative estimate of drug-likeness (QED) is 0.658. The molecule has 31 heavy (non-hydrogen) atoms. The van der Waals surface area contributed by atoms with Crippen molar-refractivity contribution in [3.8, 4) is 5.75 Å². The topological polar surface area (TPSA) is 123 Å². The number of amides is 2. The summed E-state index contributed by atoms with van der Waals surface area (Å²) in [6, 6.07) is 1.55. The molecule has 0 saturated heterocycles. The number of rotatable bonds is 6. The highest BCUT2D eigenvalue weighted by molar-refractivity contribution is 5.87. The number of H-pyrrole nitrogens is 1. The van der Waals surface area contributed by atoms with Gasteiger partial charge in [-0.15, -0.1) is 0 Å². The van der Waals surface area contributed by atoms with E-state index in [9.17, 15) is 18.8 Å². The number of hydrogen-bond donors (Lipinski definition) is 2. The summed E-state index contributed by atoms with van der Waals surface area (Å²) in [7, 11) is 3.74. The number of methoxy groups -OCH3 is 3. The maximum absolute atomic E-state index is 14.9. The molecule has 1 aromatic heterocycles. The first kappa shape index (κ1) is 22.1. The number of imidazole rings is 1. The normalized spacial score (nSPS) is 16.1. The fourth-order valence-electron chi connectivity index (χ4n) is 3.48. The van der Waals surface area contributed by atoms with E-state index in [-0.39, 0.29) is 12.1 Å². The first-order valence-corrected chi connectivity index (χ1v) is 9.47. The van der Waals surface area contributed by atoms with Crippen molar-refractivity contribution in [1.29, 1.82) is 0 Å². The van der Waals surface area contributed by atoms with Gasteiger partial charge in [0.1, 0.15) is 23.7 Å². The summed E-state index contributed by atoms with van der Waals surface area (Å²) in [5.74, 6) is -1.73. The van der Waals surface area contributed by atoms with Crippen LogP contribution in [0.4, 0.5) is 9.18 Å². The first-order chi connectivity index (χ1) is 14.9. The molecular formula is C20H23FN4O6. The second-order valence-corrected chi connectivity index (χ2v) is 6.81. The molecule has 3 rings (SSSR count). The minimum absolute atomic E-state index is 0.214. The smallest absolute Gasteiger partial charge is 0.329 e. The molecule has 1 aliphatic rings. The Morgan fingerprint density at radius 3 is 2.71 bits per heavy atom. The summed E-state index contributed by atoms with van der Waals surface area (Å²) in [6.07, 6.45) is 1.53. The summed E-state index contributed by atoms with van der Waals surface area (Å²) < 4.78 is 29.2. The Labute approximate surface area is 177 Å². The second-order valence-electron chi connectivity index (χ2n) is 6.81. The van der Waals surface area contributed by atoms with E-state index in [1.54, 1.807) is 6.07 Å². The molecule has 1 aliphatic heterocycles. The minimum atomic E-state index is -1.26. The van der Waals surface area contributed by atoms with Crippen molar-refractivity contribution in [3.63, 3.8) is 0 Å². The Kier molecular flexibility index (Phi) is 6.73. The summed E-state index contributed by atoms with van der Waals surface area (Å²) in [5.41, 5.74) is 1.49. The number of nitrogens with zero attached hydrogens (tertiary/aromatic N) is 2. The monoisotopic (exact) mass is 434 g/mol. The van der Waals surface area contributed by atoms with Gasteiger partial charge in [-0.25, -0.2) is 19.0 Å². The molecule has 0 saturated carbocycles. The Morgan fingerprint density at radius 1 is 1.29 bits per heavy atom. The number of aromatic nitrogens is 2. The molecule has 1 aromatic carbocycles. The van der Waals surface area contributed by atoms with Gasteiger partial charge in [0.25, 0.3) is 0 Å². The van der Waals surface area contributed by atoms with Crippen LogP contribution in [0.25, 0.3) is 0 Å². The number of urea groups is 1. The van der Waals surface area contributed by atoms with Crippen molar-refractivity contribution >= 4 is 18.0 Å². The molecule has 2 N–H and O–H groups in total. The number of benzene rings is 1. The summed E-state index contributed by atoms with van der Waals surface area (Å²) >= 11 is 0. The van der Waals surface area contributed by atoms with Crippen LogP contribution in [0.3, 0.4) is 0 Å². The lowest BCUT2D eigenvalue weighted by molar-refractivity contribution is -0.149. The van der Waals surface area contributed by atoms with E-state index >= 15 is 0 Å². The maximum atomic E-state index is 14.9. The Bertz CT molecular complexity index is 978. The summed E-state index contributed by atoms with van der Waals surface area (Å²) in [5, 5.41) is 2.49. The standard InChI is InChI=1S/C20H23FN4O6/c1-29-11-4-5-12(13(21)8-11)18-17-14(22-10-23-17)6-7-25(18)20(28)24-15(19(27)31-3)9-16(26)30-2/h4-5,8,10,15,18H,6-7,9H2,1-3H3,(H,22,23)(H,24,28)/t15-,18+/m1/s1. The van der Waals surface area contributed by atoms with Crippen molar-refractivity contribution in [3.05, 3.63) is 47.3 Å². The third-order valence-electron chi connectivity index (χ3n) is 5.07. The zero-order chi connectivity index (χ0) is 22.5. The molecule has 0 fully saturated rings. The number of hydrogen-bond acceptors (Lipinski definition) is 7. The van der Waals surface area contributed by atoms with E-state index in [0.717, 1.165) is 12.8 Å². The highest BCUT2D eigenvalue weighted by Gasteiger charge is 2.37. The van der Waals surface area contributed by atoms with Crippen LogP contribution in [-0.4, -0.2) is 66.8 Å². The van der Waals surface area contributed by atoms with E-state index in [1.165, 1.54) is 37.6 Å². The van der Waals surface area contributed by atoms with Crippen LogP contribution in [0.5, 0.6) is 5.75 Å². The third-order valence-corrected chi connectivity index (χ3v) is 5.07. The zero-order valence-corrected chi connectivity index (χ0v) is 17.3. The average molecular weight is 434 g/mol. The van der Waals surface area contributed by atoms with E-state index in [0.29, 0.717) is 17.9 Å². The van der Waals surface area contributed by atoms with Crippen molar-refractivity contribution < 1.29 is 33.0 Å². The van der Waals surface area contributed by atoms with Crippen LogP contribution >= 0.6 is 0 Å². The van der Waals surface area contributed by atoms with Crippen LogP contribution in [0.15, 0.2) is 24.5 Å². The second kappa shape index (κ2) is 9.45. The Morgan fingerprint density at radius 2 is 2.06 bits per heavy atom. The molecule has 0 radical (unpaired) electrons. The fraction of sp³-hybridized carbons (Fsp3) is 0.400. The Balaban J connectivity index is 1.93. The molecule has 2 heterocycles. The van der Waals surface area contributed by atoms with Gasteiger partial charge in [-0.1, -0.05) is 0 Å². The van der Waals surface area contributed by atoms with Crippen LogP contribution in [0.1, 0.15) is 29.4 Å². The predicted octanol–water partition coefficient (Wildman–Crippen LogP) is 1.32. The molecule has 0 aliphatic carbocycles. The van der Waals surface area contributed by atoms with E-state index in [4.69, 9.17) is 4.74 Å². The lowest BCUT2D eigenvalue weighted by Gasteiger charge is -2.36. The van der Waals surface area contributed by atoms with E-state index in [1.807, 2.05) is 0 Å². The molecule has 11 heteroatoms. The minimum Gasteiger partial charge on any atom is -0.497 e. The summed E-state index contributed by atoms with van der Waals surface area (Å²) in [4.78, 5) is 45.5. The molecule has 2 aromatic rings. The maximum Gasteiger partial charge on any atom is 0.329 e. The third kappa shape index (κ3) is 4.60. The highest BCUT2D eigenvalue weighted by Crippen LogP contribution is 2.35. The number of nitrogens with one attached hydrogen (secondary N) is 2. The van der Waals surface area contributed by atoms with Gasteiger partial charge in [-0.05, 0) is 12.1 Å². The van der Waals surface area contributed by atoms with Gasteiger partial charge in [0.05, 0.1) is 39.8 Å². The number of halogens is 1. The van der Waals surface area contributed by atoms with Gasteiger partial charge >= 0.3 is 18.0 Å². The van der Waals surface area contributed by atoms with Crippen LogP contribution in [0.2, 0.25) is 0 Å². The zero-order valence-electron chi connectivity index (χ0n) is 17.3.